The van der Waals surface area contributed by atoms with Gasteiger partial charge in [0.2, 0.25) is 0 Å². The molecule has 1 aliphatic heterocycles. The molecule has 1 saturated heterocycles. The van der Waals surface area contributed by atoms with Crippen molar-refractivity contribution in [3.05, 3.63) is 65.7 Å². The number of rotatable bonds is 4. The van der Waals surface area contributed by atoms with Crippen LogP contribution in [0.1, 0.15) is 24.0 Å². The van der Waals surface area contributed by atoms with Crippen LogP contribution >= 0.6 is 0 Å². The molecule has 1 heterocycles. The second-order valence-electron chi connectivity index (χ2n) is 6.18. The molecule has 0 saturated carbocycles. The zero-order chi connectivity index (χ0) is 15.4. The Balaban J connectivity index is 1.58. The Kier molecular flexibility index (Phi) is 4.57. The SMILES string of the molecule is Cc1ccccc1N1CCC(C(=O)Cc2ccccc2)CC1. The number of ketones is 1. The Hall–Kier alpha value is -2.09. The lowest BCUT2D eigenvalue weighted by Gasteiger charge is -2.34. The highest BCUT2D eigenvalue weighted by atomic mass is 16.1. The maximum Gasteiger partial charge on any atom is 0.140 e. The Morgan fingerprint density at radius 2 is 1.64 bits per heavy atom. The van der Waals surface area contributed by atoms with Gasteiger partial charge in [-0.25, -0.2) is 0 Å². The number of anilines is 1. The highest BCUT2D eigenvalue weighted by Crippen LogP contribution is 2.26. The van der Waals surface area contributed by atoms with Gasteiger partial charge in [-0.2, -0.15) is 0 Å². The monoisotopic (exact) mass is 293 g/mol. The molecule has 2 heteroatoms. The standard InChI is InChI=1S/C20H23NO/c1-16-7-5-6-10-19(16)21-13-11-18(12-14-21)20(22)15-17-8-3-2-4-9-17/h2-10,18H,11-15H2,1H3. The molecule has 0 atom stereocenters. The van der Waals surface area contributed by atoms with Gasteiger partial charge in [-0.1, -0.05) is 48.5 Å². The number of benzene rings is 2. The van der Waals surface area contributed by atoms with E-state index < -0.39 is 0 Å². The van der Waals surface area contributed by atoms with Gasteiger partial charge in [0, 0.05) is 31.1 Å². The van der Waals surface area contributed by atoms with Crippen LogP contribution in [0.4, 0.5) is 5.69 Å². The fourth-order valence-electron chi connectivity index (χ4n) is 3.30. The average molecular weight is 293 g/mol. The summed E-state index contributed by atoms with van der Waals surface area (Å²) in [6.45, 7) is 4.12. The summed E-state index contributed by atoms with van der Waals surface area (Å²) in [4.78, 5) is 14.9. The number of carbonyl (C=O) groups excluding carboxylic acids is 1. The van der Waals surface area contributed by atoms with Crippen molar-refractivity contribution in [2.45, 2.75) is 26.2 Å². The van der Waals surface area contributed by atoms with Gasteiger partial charge < -0.3 is 4.90 Å². The van der Waals surface area contributed by atoms with Crippen LogP contribution in [0.25, 0.3) is 0 Å². The van der Waals surface area contributed by atoms with Gasteiger partial charge in [0.1, 0.15) is 5.78 Å². The molecular weight excluding hydrogens is 270 g/mol. The van der Waals surface area contributed by atoms with Crippen molar-refractivity contribution in [3.8, 4) is 0 Å². The molecule has 3 rings (SSSR count). The number of para-hydroxylation sites is 1. The van der Waals surface area contributed by atoms with Crippen molar-refractivity contribution < 1.29 is 4.79 Å². The molecule has 2 nitrogen and oxygen atoms in total. The number of piperidine rings is 1. The minimum absolute atomic E-state index is 0.223. The molecule has 114 valence electrons. The lowest BCUT2D eigenvalue weighted by Crippen LogP contribution is -2.37. The molecule has 1 aliphatic rings. The van der Waals surface area contributed by atoms with E-state index in [9.17, 15) is 4.79 Å². The van der Waals surface area contributed by atoms with Crippen LogP contribution in [-0.2, 0) is 11.2 Å². The summed E-state index contributed by atoms with van der Waals surface area (Å²) in [5.41, 5.74) is 3.77. The van der Waals surface area contributed by atoms with Crippen LogP contribution in [0.15, 0.2) is 54.6 Å². The molecule has 0 N–H and O–H groups in total. The molecule has 0 spiro atoms. The fourth-order valence-corrected chi connectivity index (χ4v) is 3.30. The maximum absolute atomic E-state index is 12.5. The molecule has 0 bridgehead atoms. The second kappa shape index (κ2) is 6.78. The van der Waals surface area contributed by atoms with E-state index in [2.05, 4.69) is 36.1 Å². The maximum atomic E-state index is 12.5. The summed E-state index contributed by atoms with van der Waals surface area (Å²) in [6.07, 6.45) is 2.52. The van der Waals surface area contributed by atoms with E-state index in [1.165, 1.54) is 11.3 Å². The predicted octanol–water partition coefficient (Wildman–Crippen LogP) is 4.02. The highest BCUT2D eigenvalue weighted by molar-refractivity contribution is 5.83. The van der Waals surface area contributed by atoms with Crippen molar-refractivity contribution >= 4 is 11.5 Å². The fraction of sp³-hybridized carbons (Fsp3) is 0.350. The number of aryl methyl sites for hydroxylation is 1. The molecule has 1 fully saturated rings. The zero-order valence-electron chi connectivity index (χ0n) is 13.2. The number of nitrogens with zero attached hydrogens (tertiary/aromatic N) is 1. The third-order valence-electron chi connectivity index (χ3n) is 4.63. The first-order valence-electron chi connectivity index (χ1n) is 8.11. The summed E-state index contributed by atoms with van der Waals surface area (Å²) in [5.74, 6) is 0.621. The predicted molar refractivity (Wildman–Crippen MR) is 91.3 cm³/mol. The van der Waals surface area contributed by atoms with E-state index in [-0.39, 0.29) is 5.92 Å². The van der Waals surface area contributed by atoms with Crippen LogP contribution in [0.5, 0.6) is 0 Å². The summed E-state index contributed by atoms with van der Waals surface area (Å²) < 4.78 is 0. The van der Waals surface area contributed by atoms with E-state index in [1.807, 2.05) is 30.3 Å². The van der Waals surface area contributed by atoms with Gasteiger partial charge in [-0.3, -0.25) is 4.79 Å². The van der Waals surface area contributed by atoms with E-state index >= 15 is 0 Å². The van der Waals surface area contributed by atoms with Gasteiger partial charge in [0.15, 0.2) is 0 Å². The van der Waals surface area contributed by atoms with Gasteiger partial charge in [-0.05, 0) is 37.0 Å². The van der Waals surface area contributed by atoms with E-state index in [0.717, 1.165) is 31.5 Å². The Labute approximate surface area is 132 Å². The Bertz CT molecular complexity index is 627. The molecule has 0 aromatic heterocycles. The quantitative estimate of drug-likeness (QED) is 0.848. The number of hydrogen-bond acceptors (Lipinski definition) is 2. The molecule has 22 heavy (non-hydrogen) atoms. The first-order chi connectivity index (χ1) is 10.7. The first-order valence-corrected chi connectivity index (χ1v) is 8.11. The molecule has 0 aliphatic carbocycles. The number of Topliss-reactive ketones (excluding diaryl/α,β-unsaturated/α-hetero) is 1. The summed E-state index contributed by atoms with van der Waals surface area (Å²) in [7, 11) is 0. The molecular formula is C20H23NO. The summed E-state index contributed by atoms with van der Waals surface area (Å²) in [5, 5.41) is 0. The number of carbonyl (C=O) groups is 1. The van der Waals surface area contributed by atoms with Crippen molar-refractivity contribution in [3.63, 3.8) is 0 Å². The Morgan fingerprint density at radius 3 is 2.32 bits per heavy atom. The lowest BCUT2D eigenvalue weighted by atomic mass is 9.89. The van der Waals surface area contributed by atoms with Crippen LogP contribution in [0.2, 0.25) is 0 Å². The van der Waals surface area contributed by atoms with E-state index in [1.54, 1.807) is 0 Å². The minimum Gasteiger partial charge on any atom is -0.371 e. The number of hydrogen-bond donors (Lipinski definition) is 0. The van der Waals surface area contributed by atoms with Crippen LogP contribution in [0, 0.1) is 12.8 Å². The first kappa shape index (κ1) is 14.8. The van der Waals surface area contributed by atoms with Crippen molar-refractivity contribution in [2.24, 2.45) is 5.92 Å². The molecule has 2 aromatic rings. The third kappa shape index (κ3) is 3.38. The largest absolute Gasteiger partial charge is 0.371 e. The zero-order valence-corrected chi connectivity index (χ0v) is 13.2. The molecule has 0 radical (unpaired) electrons. The molecule has 0 amide bonds. The van der Waals surface area contributed by atoms with Gasteiger partial charge in [0.05, 0.1) is 0 Å². The van der Waals surface area contributed by atoms with Gasteiger partial charge >= 0.3 is 0 Å². The van der Waals surface area contributed by atoms with Gasteiger partial charge in [-0.15, -0.1) is 0 Å². The average Bonchev–Trinajstić information content (AvgIpc) is 2.56. The topological polar surface area (TPSA) is 20.3 Å². The second-order valence-corrected chi connectivity index (χ2v) is 6.18. The van der Waals surface area contributed by atoms with Crippen molar-refractivity contribution in [1.82, 2.24) is 0 Å². The van der Waals surface area contributed by atoms with Crippen LogP contribution in [0.3, 0.4) is 0 Å². The smallest absolute Gasteiger partial charge is 0.140 e. The highest BCUT2D eigenvalue weighted by Gasteiger charge is 2.25. The normalized spacial score (nSPS) is 15.8. The summed E-state index contributed by atoms with van der Waals surface area (Å²) in [6, 6.07) is 18.6. The van der Waals surface area contributed by atoms with Crippen LogP contribution in [-0.4, -0.2) is 18.9 Å². The minimum atomic E-state index is 0.223. The van der Waals surface area contributed by atoms with E-state index in [0.29, 0.717) is 12.2 Å². The van der Waals surface area contributed by atoms with Crippen molar-refractivity contribution in [2.75, 3.05) is 18.0 Å². The molecule has 2 aromatic carbocycles. The van der Waals surface area contributed by atoms with Gasteiger partial charge in [0.25, 0.3) is 0 Å². The van der Waals surface area contributed by atoms with Crippen molar-refractivity contribution in [1.29, 1.82) is 0 Å². The Morgan fingerprint density at radius 1 is 1.00 bits per heavy atom. The molecule has 0 unspecified atom stereocenters. The van der Waals surface area contributed by atoms with E-state index in [4.69, 9.17) is 0 Å². The third-order valence-corrected chi connectivity index (χ3v) is 4.63. The van der Waals surface area contributed by atoms with Crippen LogP contribution < -0.4 is 4.90 Å². The lowest BCUT2D eigenvalue weighted by molar-refractivity contribution is -0.122. The summed E-state index contributed by atoms with van der Waals surface area (Å²) >= 11 is 0.